The Morgan fingerprint density at radius 3 is 1.50 bits per heavy atom. The predicted octanol–water partition coefficient (Wildman–Crippen LogP) is 1.18. The second-order valence-electron chi connectivity index (χ2n) is 2.47. The van der Waals surface area contributed by atoms with Crippen molar-refractivity contribution in [2.75, 3.05) is 14.2 Å². The molecule has 0 bridgehead atoms. The summed E-state index contributed by atoms with van der Waals surface area (Å²) < 4.78 is 48.3. The first-order valence-electron chi connectivity index (χ1n) is 5.02. The normalized spacial score (nSPS) is 5.50. The number of benzene rings is 1. The first-order chi connectivity index (χ1) is 11.8. The molecule has 0 fully saturated rings. The molecule has 0 saturated heterocycles. The van der Waals surface area contributed by atoms with Crippen molar-refractivity contribution < 1.29 is 52.1 Å². The zero-order chi connectivity index (χ0) is 20.4. The molecule has 0 radical (unpaired) electrons. The summed E-state index contributed by atoms with van der Waals surface area (Å²) in [6.45, 7) is 22.5. The molecule has 0 unspecified atom stereocenters. The van der Waals surface area contributed by atoms with E-state index in [2.05, 4.69) is 45.1 Å². The van der Waals surface area contributed by atoms with Crippen molar-refractivity contribution in [1.82, 2.24) is 0 Å². The van der Waals surface area contributed by atoms with Gasteiger partial charge in [-0.05, 0) is 0 Å². The Balaban J connectivity index is -0.000000103. The van der Waals surface area contributed by atoms with Gasteiger partial charge in [0, 0.05) is 0 Å². The molecule has 0 N–H and O–H groups in total. The van der Waals surface area contributed by atoms with E-state index >= 15 is 0 Å². The molecule has 0 aliphatic rings. The van der Waals surface area contributed by atoms with Crippen LogP contribution in [0, 0.1) is 45.1 Å². The first kappa shape index (κ1) is 33.4. The fourth-order valence-electron chi connectivity index (χ4n) is 0.849. The van der Waals surface area contributed by atoms with E-state index in [1.54, 1.807) is 14.2 Å². The van der Waals surface area contributed by atoms with Gasteiger partial charge < -0.3 is 0 Å². The summed E-state index contributed by atoms with van der Waals surface area (Å²) in [4.78, 5) is 0. The predicted molar refractivity (Wildman–Crippen MR) is 71.5 cm³/mol. The van der Waals surface area contributed by atoms with Crippen LogP contribution in [0.5, 0.6) is 5.75 Å². The summed E-state index contributed by atoms with van der Waals surface area (Å²) in [7, 11) is 3.28. The van der Waals surface area contributed by atoms with E-state index in [-0.39, 0.29) is 0 Å². The molecule has 1 aromatic carbocycles. The van der Waals surface area contributed by atoms with E-state index < -0.39 is 0 Å². The van der Waals surface area contributed by atoms with E-state index in [4.69, 9.17) is 32.7 Å². The van der Waals surface area contributed by atoms with Crippen molar-refractivity contribution in [3.05, 3.63) is 63.1 Å². The first-order valence-corrected chi connectivity index (χ1v) is 6.49. The van der Waals surface area contributed by atoms with Gasteiger partial charge in [-0.15, -0.1) is 0 Å². The summed E-state index contributed by atoms with van der Waals surface area (Å²) in [5.74, 6) is 6.77. The van der Waals surface area contributed by atoms with E-state index in [1.807, 2.05) is 24.3 Å². The van der Waals surface area contributed by atoms with Crippen LogP contribution in [-0.2, 0) is 47.4 Å². The van der Waals surface area contributed by atoms with Gasteiger partial charge in [-0.1, -0.05) is 0 Å². The third-order valence-corrected chi connectivity index (χ3v) is 2.55. The van der Waals surface area contributed by atoms with E-state index in [0.717, 1.165) is 15.4 Å². The Hall–Kier alpha value is -2.20. The van der Waals surface area contributed by atoms with Crippen molar-refractivity contribution in [3.63, 3.8) is 0 Å². The molecule has 24 heavy (non-hydrogen) atoms. The van der Waals surface area contributed by atoms with Gasteiger partial charge in [0.2, 0.25) is 0 Å². The van der Waals surface area contributed by atoms with Gasteiger partial charge in [0.1, 0.15) is 0 Å². The summed E-state index contributed by atoms with van der Waals surface area (Å²) >= 11 is 1.24. The van der Waals surface area contributed by atoms with Crippen LogP contribution in [0.1, 0.15) is 5.56 Å². The SMILES string of the molecule is CO[C](=[W])C#Cc1ccc(OC)cc1.[C-]#[O+].[C-]#[O+].[C-]#[O+].[C-]#[O+].[C-]#[O+]. The second kappa shape index (κ2) is 37.2. The monoisotopic (exact) mass is 498 g/mol. The molecule has 0 aromatic heterocycles. The van der Waals surface area contributed by atoms with Gasteiger partial charge >= 0.3 is 151 Å². The number of hydrogen-bond acceptors (Lipinski definition) is 2. The zero-order valence-corrected chi connectivity index (χ0v) is 15.5. The quantitative estimate of drug-likeness (QED) is 0.346. The fraction of sp³-hybridized carbons (Fsp3) is 0.125. The van der Waals surface area contributed by atoms with Crippen molar-refractivity contribution in [1.29, 1.82) is 0 Å². The Bertz CT molecular complexity index is 534. The van der Waals surface area contributed by atoms with Gasteiger partial charge in [0.05, 0.1) is 0 Å². The van der Waals surface area contributed by atoms with E-state index in [9.17, 15) is 0 Å². The number of methoxy groups -OCH3 is 2. The topological polar surface area (TPSA) is 118 Å². The summed E-state index contributed by atoms with van der Waals surface area (Å²) in [6.07, 6.45) is 0. The molecule has 0 aliphatic heterocycles. The second-order valence-corrected chi connectivity index (χ2v) is 3.80. The summed E-state index contributed by atoms with van der Waals surface area (Å²) in [5, 5.41) is 0. The molecule has 1 rings (SSSR count). The summed E-state index contributed by atoms with van der Waals surface area (Å²) in [5.41, 5.74) is 0.960. The fourth-order valence-corrected chi connectivity index (χ4v) is 1.03. The molecule has 122 valence electrons. The third kappa shape index (κ3) is 24.8. The van der Waals surface area contributed by atoms with Crippen molar-refractivity contribution in [2.24, 2.45) is 0 Å². The van der Waals surface area contributed by atoms with Gasteiger partial charge in [-0.2, -0.15) is 0 Å². The van der Waals surface area contributed by atoms with Crippen LogP contribution in [0.3, 0.4) is 0 Å². The molecule has 0 heterocycles. The Morgan fingerprint density at radius 1 is 0.833 bits per heavy atom. The van der Waals surface area contributed by atoms with Gasteiger partial charge in [-0.3, -0.25) is 0 Å². The number of hydrogen-bond donors (Lipinski definition) is 0. The van der Waals surface area contributed by atoms with Crippen LogP contribution < -0.4 is 4.74 Å². The molecule has 7 nitrogen and oxygen atoms in total. The van der Waals surface area contributed by atoms with Crippen LogP contribution >= 0.6 is 0 Å². The third-order valence-electron chi connectivity index (χ3n) is 1.58. The Labute approximate surface area is 151 Å². The van der Waals surface area contributed by atoms with Crippen molar-refractivity contribution >= 4 is 4.08 Å². The molecule has 8 heteroatoms. The van der Waals surface area contributed by atoms with Crippen molar-refractivity contribution in [2.45, 2.75) is 0 Å². The molecule has 0 aliphatic carbocycles. The Kier molecular flexibility index (Phi) is 51.8. The average Bonchev–Trinajstić information content (AvgIpc) is 2.74. The molecule has 0 spiro atoms. The van der Waals surface area contributed by atoms with Crippen LogP contribution in [0.25, 0.3) is 0 Å². The van der Waals surface area contributed by atoms with Crippen LogP contribution in [0.15, 0.2) is 24.3 Å². The minimum absolute atomic E-state index is 0.792. The minimum atomic E-state index is 0.792. The molecule has 0 saturated carbocycles. The maximum atomic E-state index is 7.50. The van der Waals surface area contributed by atoms with E-state index in [1.165, 1.54) is 19.4 Å². The van der Waals surface area contributed by atoms with Crippen LogP contribution in [-0.4, -0.2) is 18.3 Å². The van der Waals surface area contributed by atoms with Gasteiger partial charge in [0.15, 0.2) is 0 Å². The average molecular weight is 498 g/mol. The molecule has 1 aromatic rings. The van der Waals surface area contributed by atoms with E-state index in [0.29, 0.717) is 0 Å². The number of ether oxygens (including phenoxy) is 2. The summed E-state index contributed by atoms with van der Waals surface area (Å²) in [6, 6.07) is 7.62. The number of rotatable bonds is 2. The van der Waals surface area contributed by atoms with Crippen molar-refractivity contribution in [3.8, 4) is 17.6 Å². The van der Waals surface area contributed by atoms with Crippen LogP contribution in [0.2, 0.25) is 0 Å². The van der Waals surface area contributed by atoms with Gasteiger partial charge in [-0.25, -0.2) is 0 Å². The maximum absolute atomic E-state index is 7.50. The van der Waals surface area contributed by atoms with Crippen LogP contribution in [0.4, 0.5) is 0 Å². The van der Waals surface area contributed by atoms with Gasteiger partial charge in [0.25, 0.3) is 0 Å². The standard InChI is InChI=1S/C11H10O2.5CO.W/c1-12-9-3-4-10-5-7-11(13-2)8-6-10;5*1-2;/h5-8H,1-2H3;;;;;;. The zero-order valence-electron chi connectivity index (χ0n) is 12.6. The molecular formula is C16H10O7W. The molecular weight excluding hydrogens is 488 g/mol. The molecule has 0 amide bonds. The Morgan fingerprint density at radius 2 is 1.21 bits per heavy atom. The molecule has 0 atom stereocenters.